The molecule has 0 saturated carbocycles. The molecule has 0 spiro atoms. The van der Waals surface area contributed by atoms with Crippen molar-refractivity contribution in [3.05, 3.63) is 35.5 Å². The first-order chi connectivity index (χ1) is 11.6. The molecular formula is C20H26N2O2. The van der Waals surface area contributed by atoms with E-state index in [2.05, 4.69) is 41.1 Å². The summed E-state index contributed by atoms with van der Waals surface area (Å²) in [7, 11) is 0. The summed E-state index contributed by atoms with van der Waals surface area (Å²) in [6.45, 7) is 6.19. The second-order valence-corrected chi connectivity index (χ2v) is 7.50. The number of para-hydroxylation sites is 1. The summed E-state index contributed by atoms with van der Waals surface area (Å²) in [5.74, 6) is -1.01. The lowest BCUT2D eigenvalue weighted by Gasteiger charge is -2.53. The van der Waals surface area contributed by atoms with Gasteiger partial charge in [0.2, 0.25) is 0 Å². The molecule has 2 N–H and O–H groups in total. The average Bonchev–Trinajstić information content (AvgIpc) is 2.99. The van der Waals surface area contributed by atoms with Crippen LogP contribution in [0, 0.1) is 11.3 Å². The fourth-order valence-corrected chi connectivity index (χ4v) is 5.31. The van der Waals surface area contributed by atoms with Gasteiger partial charge in [-0.05, 0) is 43.9 Å². The second kappa shape index (κ2) is 5.62. The van der Waals surface area contributed by atoms with Crippen LogP contribution in [-0.4, -0.2) is 34.0 Å². The highest BCUT2D eigenvalue weighted by molar-refractivity contribution is 5.85. The third-order valence-electron chi connectivity index (χ3n) is 6.66. The maximum atomic E-state index is 11.9. The Hall–Kier alpha value is -1.81. The first kappa shape index (κ1) is 15.7. The van der Waals surface area contributed by atoms with Crippen LogP contribution in [0.1, 0.15) is 50.4 Å². The number of carbonyl (C=O) groups is 1. The zero-order chi connectivity index (χ0) is 16.9. The van der Waals surface area contributed by atoms with Crippen LogP contribution in [0.4, 0.5) is 0 Å². The molecule has 4 heteroatoms. The summed E-state index contributed by atoms with van der Waals surface area (Å²) in [5, 5.41) is 11.1. The van der Waals surface area contributed by atoms with Gasteiger partial charge in [0.1, 0.15) is 0 Å². The maximum absolute atomic E-state index is 11.9. The molecule has 0 aliphatic carbocycles. The molecule has 0 bridgehead atoms. The molecule has 1 aromatic carbocycles. The van der Waals surface area contributed by atoms with Crippen LogP contribution in [0.5, 0.6) is 0 Å². The number of rotatable bonds is 3. The van der Waals surface area contributed by atoms with Crippen molar-refractivity contribution in [1.82, 2.24) is 9.88 Å². The summed E-state index contributed by atoms with van der Waals surface area (Å²) in [6, 6.07) is 8.68. The lowest BCUT2D eigenvalue weighted by Crippen LogP contribution is -2.53. The number of hydrogen-bond donors (Lipinski definition) is 2. The Morgan fingerprint density at radius 2 is 2.21 bits per heavy atom. The van der Waals surface area contributed by atoms with Crippen LogP contribution < -0.4 is 0 Å². The van der Waals surface area contributed by atoms with Gasteiger partial charge in [0, 0.05) is 28.6 Å². The molecule has 0 amide bonds. The molecule has 2 aromatic rings. The van der Waals surface area contributed by atoms with E-state index in [0.717, 1.165) is 38.8 Å². The van der Waals surface area contributed by atoms with E-state index >= 15 is 0 Å². The number of nitrogens with one attached hydrogen (secondary N) is 1. The van der Waals surface area contributed by atoms with E-state index in [0.29, 0.717) is 0 Å². The van der Waals surface area contributed by atoms with E-state index in [1.54, 1.807) is 0 Å². The Kier molecular flexibility index (Phi) is 3.68. The van der Waals surface area contributed by atoms with Crippen molar-refractivity contribution in [2.24, 2.45) is 11.3 Å². The van der Waals surface area contributed by atoms with Gasteiger partial charge in [-0.2, -0.15) is 0 Å². The Labute approximate surface area is 142 Å². The molecule has 128 valence electrons. The van der Waals surface area contributed by atoms with Crippen LogP contribution in [-0.2, 0) is 11.2 Å². The van der Waals surface area contributed by atoms with Gasteiger partial charge in [-0.15, -0.1) is 0 Å². The van der Waals surface area contributed by atoms with Gasteiger partial charge in [-0.3, -0.25) is 9.69 Å². The van der Waals surface area contributed by atoms with Crippen molar-refractivity contribution in [1.29, 1.82) is 0 Å². The SMILES string of the molecule is CC[C@@]1(C(C)C(=O)O)CCCN2CCc3c([nH]c4ccccc34)[C@@H]21. The third-order valence-corrected chi connectivity index (χ3v) is 6.66. The van der Waals surface area contributed by atoms with E-state index < -0.39 is 5.97 Å². The van der Waals surface area contributed by atoms with E-state index in [-0.39, 0.29) is 17.4 Å². The van der Waals surface area contributed by atoms with Gasteiger partial charge in [-0.1, -0.05) is 32.0 Å². The lowest BCUT2D eigenvalue weighted by molar-refractivity contribution is -0.151. The second-order valence-electron chi connectivity index (χ2n) is 7.50. The number of H-pyrrole nitrogens is 1. The van der Waals surface area contributed by atoms with Crippen LogP contribution in [0.25, 0.3) is 10.9 Å². The summed E-state index contributed by atoms with van der Waals surface area (Å²) in [5.41, 5.74) is 3.67. The Balaban J connectivity index is 1.91. The van der Waals surface area contributed by atoms with Crippen molar-refractivity contribution in [3.63, 3.8) is 0 Å². The number of benzene rings is 1. The Morgan fingerprint density at radius 1 is 1.42 bits per heavy atom. The topological polar surface area (TPSA) is 56.3 Å². The number of hydrogen-bond acceptors (Lipinski definition) is 2. The zero-order valence-corrected chi connectivity index (χ0v) is 14.5. The molecular weight excluding hydrogens is 300 g/mol. The molecule has 2 aliphatic rings. The smallest absolute Gasteiger partial charge is 0.306 e. The van der Waals surface area contributed by atoms with Gasteiger partial charge in [0.05, 0.1) is 12.0 Å². The molecule has 0 radical (unpaired) electrons. The summed E-state index contributed by atoms with van der Waals surface area (Å²) >= 11 is 0. The number of aromatic amines is 1. The van der Waals surface area contributed by atoms with Gasteiger partial charge in [0.15, 0.2) is 0 Å². The predicted molar refractivity (Wildman–Crippen MR) is 95.1 cm³/mol. The van der Waals surface area contributed by atoms with Gasteiger partial charge in [-0.25, -0.2) is 0 Å². The molecule has 24 heavy (non-hydrogen) atoms. The largest absolute Gasteiger partial charge is 0.481 e. The Bertz CT molecular complexity index is 781. The molecule has 1 saturated heterocycles. The number of fused-ring (bicyclic) bond motifs is 5. The van der Waals surface area contributed by atoms with Gasteiger partial charge in [0.25, 0.3) is 0 Å². The normalized spacial score (nSPS) is 28.3. The maximum Gasteiger partial charge on any atom is 0.306 e. The van der Waals surface area contributed by atoms with Crippen LogP contribution in [0.15, 0.2) is 24.3 Å². The molecule has 2 aliphatic heterocycles. The van der Waals surface area contributed by atoms with Crippen LogP contribution >= 0.6 is 0 Å². The molecule has 4 rings (SSSR count). The van der Waals surface area contributed by atoms with Crippen molar-refractivity contribution in [2.75, 3.05) is 13.1 Å². The number of carboxylic acids is 1. The molecule has 1 fully saturated rings. The van der Waals surface area contributed by atoms with E-state index in [1.165, 1.54) is 22.2 Å². The first-order valence-electron chi connectivity index (χ1n) is 9.15. The van der Waals surface area contributed by atoms with Crippen molar-refractivity contribution in [3.8, 4) is 0 Å². The van der Waals surface area contributed by atoms with Crippen molar-refractivity contribution >= 4 is 16.9 Å². The molecule has 3 atom stereocenters. The van der Waals surface area contributed by atoms with E-state index in [9.17, 15) is 9.90 Å². The minimum atomic E-state index is -0.665. The number of aliphatic carboxylic acids is 1. The standard InChI is InChI=1S/C20H26N2O2/c1-3-20(13(2)19(23)24)10-6-11-22-12-9-15-14-7-4-5-8-16(14)21-17(15)18(20)22/h4-5,7-8,13,18,21H,3,6,9-12H2,1-2H3,(H,23,24)/t13?,18-,20+/m1/s1. The molecule has 3 heterocycles. The number of carboxylic acid groups (broad SMARTS) is 1. The van der Waals surface area contributed by atoms with Gasteiger partial charge < -0.3 is 10.1 Å². The number of aromatic nitrogens is 1. The quantitative estimate of drug-likeness (QED) is 0.897. The predicted octanol–water partition coefficient (Wildman–Crippen LogP) is 3.98. The lowest BCUT2D eigenvalue weighted by atomic mass is 9.61. The summed E-state index contributed by atoms with van der Waals surface area (Å²) in [6.07, 6.45) is 4.04. The van der Waals surface area contributed by atoms with Crippen molar-refractivity contribution in [2.45, 2.75) is 45.6 Å². The molecule has 4 nitrogen and oxygen atoms in total. The molecule has 1 aromatic heterocycles. The zero-order valence-electron chi connectivity index (χ0n) is 14.5. The Morgan fingerprint density at radius 3 is 2.96 bits per heavy atom. The highest BCUT2D eigenvalue weighted by atomic mass is 16.4. The fraction of sp³-hybridized carbons (Fsp3) is 0.550. The fourth-order valence-electron chi connectivity index (χ4n) is 5.31. The third kappa shape index (κ3) is 2.05. The monoisotopic (exact) mass is 326 g/mol. The van der Waals surface area contributed by atoms with E-state index in [1.807, 2.05) is 6.92 Å². The van der Waals surface area contributed by atoms with E-state index in [4.69, 9.17) is 0 Å². The number of nitrogens with zero attached hydrogens (tertiary/aromatic N) is 1. The molecule has 1 unspecified atom stereocenters. The summed E-state index contributed by atoms with van der Waals surface area (Å²) < 4.78 is 0. The van der Waals surface area contributed by atoms with Crippen LogP contribution in [0.2, 0.25) is 0 Å². The minimum absolute atomic E-state index is 0.193. The van der Waals surface area contributed by atoms with Crippen molar-refractivity contribution < 1.29 is 9.90 Å². The highest BCUT2D eigenvalue weighted by Crippen LogP contribution is 2.55. The average molecular weight is 326 g/mol. The van der Waals surface area contributed by atoms with Crippen LogP contribution in [0.3, 0.4) is 0 Å². The highest BCUT2D eigenvalue weighted by Gasteiger charge is 2.52. The minimum Gasteiger partial charge on any atom is -0.481 e. The number of piperidine rings is 1. The first-order valence-corrected chi connectivity index (χ1v) is 9.15. The van der Waals surface area contributed by atoms with Gasteiger partial charge >= 0.3 is 5.97 Å². The summed E-state index contributed by atoms with van der Waals surface area (Å²) in [4.78, 5) is 18.1.